The number of hydrogen-bond donors (Lipinski definition) is 3. The fourth-order valence-corrected chi connectivity index (χ4v) is 2.86. The molecule has 3 N–H and O–H groups in total. The van der Waals surface area contributed by atoms with E-state index < -0.39 is 18.2 Å². The quantitative estimate of drug-likeness (QED) is 0.339. The Bertz CT molecular complexity index is 268. The predicted octanol–water partition coefficient (Wildman–Crippen LogP) is 4.66. The number of carboxylic acids is 1. The van der Waals surface area contributed by atoms with Gasteiger partial charge in [-0.05, 0) is 19.3 Å². The number of aliphatic carboxylic acids is 1. The molecule has 2 atom stereocenters. The van der Waals surface area contributed by atoms with E-state index in [9.17, 15) is 15.0 Å². The summed E-state index contributed by atoms with van der Waals surface area (Å²) in [6.45, 7) is 2.20. The Morgan fingerprint density at radius 3 is 1.52 bits per heavy atom. The average Bonchev–Trinajstić information content (AvgIpc) is 2.52. The van der Waals surface area contributed by atoms with Gasteiger partial charge in [-0.3, -0.25) is 4.79 Å². The molecule has 0 aromatic carbocycles. The first-order valence-corrected chi connectivity index (χ1v) is 9.65. The van der Waals surface area contributed by atoms with E-state index in [1.165, 1.54) is 25.7 Å². The Labute approximate surface area is 142 Å². The van der Waals surface area contributed by atoms with Gasteiger partial charge in [-0.25, -0.2) is 0 Å². The normalized spacial score (nSPS) is 13.9. The molecule has 0 aliphatic rings. The van der Waals surface area contributed by atoms with E-state index in [2.05, 4.69) is 6.92 Å². The maximum absolute atomic E-state index is 10.4. The van der Waals surface area contributed by atoms with Crippen molar-refractivity contribution >= 4 is 5.97 Å². The summed E-state index contributed by atoms with van der Waals surface area (Å²) in [5, 5.41) is 28.4. The Hall–Kier alpha value is -0.610. The van der Waals surface area contributed by atoms with Crippen LogP contribution in [-0.2, 0) is 4.79 Å². The molecular weight excluding hydrogens is 292 g/mol. The van der Waals surface area contributed by atoms with Gasteiger partial charge >= 0.3 is 5.97 Å². The number of rotatable bonds is 17. The first-order valence-electron chi connectivity index (χ1n) is 9.65. The van der Waals surface area contributed by atoms with Gasteiger partial charge in [0, 0.05) is 6.42 Å². The summed E-state index contributed by atoms with van der Waals surface area (Å²) in [4.78, 5) is 10.4. The highest BCUT2D eigenvalue weighted by Gasteiger charge is 2.15. The largest absolute Gasteiger partial charge is 0.481 e. The van der Waals surface area contributed by atoms with Crippen LogP contribution in [0, 0.1) is 0 Å². The molecule has 4 nitrogen and oxygen atoms in total. The first kappa shape index (κ1) is 22.4. The molecule has 0 aliphatic carbocycles. The van der Waals surface area contributed by atoms with Gasteiger partial charge < -0.3 is 15.3 Å². The Kier molecular flexibility index (Phi) is 15.8. The fourth-order valence-electron chi connectivity index (χ4n) is 2.86. The SMILES string of the molecule is CCCCCCCCC(O)C(O)CCCCCCCCC(=O)O. The fraction of sp³-hybridized carbons (Fsp3) is 0.947. The topological polar surface area (TPSA) is 77.8 Å². The standard InChI is InChI=1S/C19H38O4/c1-2-3-4-5-8-11-14-17(20)18(21)15-12-9-6-7-10-13-16-19(22)23/h17-18,20-21H,2-16H2,1H3,(H,22,23). The van der Waals surface area contributed by atoms with E-state index in [0.717, 1.165) is 51.4 Å². The van der Waals surface area contributed by atoms with Gasteiger partial charge in [0.1, 0.15) is 0 Å². The highest BCUT2D eigenvalue weighted by Crippen LogP contribution is 2.15. The molecule has 0 aromatic rings. The van der Waals surface area contributed by atoms with Crippen molar-refractivity contribution < 1.29 is 20.1 Å². The summed E-state index contributed by atoms with van der Waals surface area (Å²) in [5.74, 6) is -0.715. The van der Waals surface area contributed by atoms with Gasteiger partial charge in [-0.15, -0.1) is 0 Å². The molecule has 0 rings (SSSR count). The molecule has 4 heteroatoms. The van der Waals surface area contributed by atoms with Crippen molar-refractivity contribution in [1.29, 1.82) is 0 Å². The molecule has 0 radical (unpaired) electrons. The molecule has 0 amide bonds. The summed E-state index contributed by atoms with van der Waals surface area (Å²) in [6.07, 6.45) is 13.6. The molecular formula is C19H38O4. The molecule has 0 saturated heterocycles. The first-order chi connectivity index (χ1) is 11.1. The highest BCUT2D eigenvalue weighted by atomic mass is 16.4. The van der Waals surface area contributed by atoms with Crippen molar-refractivity contribution in [2.45, 2.75) is 115 Å². The van der Waals surface area contributed by atoms with Crippen molar-refractivity contribution in [2.75, 3.05) is 0 Å². The van der Waals surface area contributed by atoms with Crippen LogP contribution in [0.1, 0.15) is 103 Å². The smallest absolute Gasteiger partial charge is 0.303 e. The molecule has 23 heavy (non-hydrogen) atoms. The minimum Gasteiger partial charge on any atom is -0.481 e. The number of hydrogen-bond acceptors (Lipinski definition) is 3. The second kappa shape index (κ2) is 16.3. The Morgan fingerprint density at radius 2 is 1.09 bits per heavy atom. The van der Waals surface area contributed by atoms with Crippen LogP contribution in [0.2, 0.25) is 0 Å². The monoisotopic (exact) mass is 330 g/mol. The third kappa shape index (κ3) is 16.0. The minimum atomic E-state index is -0.715. The lowest BCUT2D eigenvalue weighted by atomic mass is 9.99. The second-order valence-corrected chi connectivity index (χ2v) is 6.74. The zero-order valence-electron chi connectivity index (χ0n) is 15.0. The molecule has 0 fully saturated rings. The predicted molar refractivity (Wildman–Crippen MR) is 94.6 cm³/mol. The lowest BCUT2D eigenvalue weighted by Gasteiger charge is -2.17. The maximum atomic E-state index is 10.4. The van der Waals surface area contributed by atoms with Crippen molar-refractivity contribution in [1.82, 2.24) is 0 Å². The second-order valence-electron chi connectivity index (χ2n) is 6.74. The summed E-state index contributed by atoms with van der Waals surface area (Å²) in [6, 6.07) is 0. The molecule has 0 heterocycles. The van der Waals surface area contributed by atoms with Crippen molar-refractivity contribution in [3.05, 3.63) is 0 Å². The van der Waals surface area contributed by atoms with Gasteiger partial charge in [0.05, 0.1) is 12.2 Å². The summed E-state index contributed by atoms with van der Waals surface area (Å²) in [5.41, 5.74) is 0. The van der Waals surface area contributed by atoms with Crippen LogP contribution in [-0.4, -0.2) is 33.5 Å². The van der Waals surface area contributed by atoms with Crippen LogP contribution >= 0.6 is 0 Å². The van der Waals surface area contributed by atoms with Gasteiger partial charge in [0.25, 0.3) is 0 Å². The van der Waals surface area contributed by atoms with E-state index in [0.29, 0.717) is 12.8 Å². The number of carbonyl (C=O) groups is 1. The van der Waals surface area contributed by atoms with E-state index in [1.54, 1.807) is 0 Å². The lowest BCUT2D eigenvalue weighted by Crippen LogP contribution is -2.25. The van der Waals surface area contributed by atoms with Crippen LogP contribution in [0.15, 0.2) is 0 Å². The zero-order valence-corrected chi connectivity index (χ0v) is 15.0. The average molecular weight is 331 g/mol. The van der Waals surface area contributed by atoms with Gasteiger partial charge in [-0.1, -0.05) is 77.6 Å². The summed E-state index contributed by atoms with van der Waals surface area (Å²) >= 11 is 0. The van der Waals surface area contributed by atoms with Crippen molar-refractivity contribution in [3.63, 3.8) is 0 Å². The van der Waals surface area contributed by atoms with Gasteiger partial charge in [-0.2, -0.15) is 0 Å². The van der Waals surface area contributed by atoms with Crippen LogP contribution in [0.25, 0.3) is 0 Å². The maximum Gasteiger partial charge on any atom is 0.303 e. The van der Waals surface area contributed by atoms with Crippen LogP contribution < -0.4 is 0 Å². The van der Waals surface area contributed by atoms with E-state index in [4.69, 9.17) is 5.11 Å². The van der Waals surface area contributed by atoms with E-state index >= 15 is 0 Å². The molecule has 138 valence electrons. The minimum absolute atomic E-state index is 0.267. The molecule has 0 saturated carbocycles. The summed E-state index contributed by atoms with van der Waals surface area (Å²) < 4.78 is 0. The van der Waals surface area contributed by atoms with Gasteiger partial charge in [0.15, 0.2) is 0 Å². The van der Waals surface area contributed by atoms with Crippen LogP contribution in [0.3, 0.4) is 0 Å². The molecule has 0 spiro atoms. The number of carboxylic acid groups (broad SMARTS) is 1. The summed E-state index contributed by atoms with van der Waals surface area (Å²) in [7, 11) is 0. The van der Waals surface area contributed by atoms with Gasteiger partial charge in [0.2, 0.25) is 0 Å². The van der Waals surface area contributed by atoms with Crippen molar-refractivity contribution in [3.8, 4) is 0 Å². The molecule has 2 unspecified atom stereocenters. The highest BCUT2D eigenvalue weighted by molar-refractivity contribution is 5.66. The Morgan fingerprint density at radius 1 is 0.696 bits per heavy atom. The molecule has 0 aromatic heterocycles. The lowest BCUT2D eigenvalue weighted by molar-refractivity contribution is -0.137. The number of aliphatic hydroxyl groups is 2. The molecule has 0 aliphatic heterocycles. The van der Waals surface area contributed by atoms with Crippen molar-refractivity contribution in [2.24, 2.45) is 0 Å². The van der Waals surface area contributed by atoms with Crippen LogP contribution in [0.4, 0.5) is 0 Å². The number of unbranched alkanes of at least 4 members (excludes halogenated alkanes) is 10. The zero-order chi connectivity index (χ0) is 17.3. The van der Waals surface area contributed by atoms with Crippen LogP contribution in [0.5, 0.6) is 0 Å². The molecule has 0 bridgehead atoms. The third-order valence-corrected chi connectivity index (χ3v) is 4.44. The van der Waals surface area contributed by atoms with E-state index in [-0.39, 0.29) is 6.42 Å². The number of aliphatic hydroxyl groups excluding tert-OH is 2. The Balaban J connectivity index is 3.36. The van der Waals surface area contributed by atoms with E-state index in [1.807, 2.05) is 0 Å². The third-order valence-electron chi connectivity index (χ3n) is 4.44.